The van der Waals surface area contributed by atoms with Crippen LogP contribution in [0.4, 0.5) is 5.95 Å². The number of nitrogens with zero attached hydrogens (tertiary/aromatic N) is 3. The Hall–Kier alpha value is -1.69. The fourth-order valence-electron chi connectivity index (χ4n) is 2.16. The van der Waals surface area contributed by atoms with E-state index in [1.807, 2.05) is 6.92 Å². The minimum atomic E-state index is -0.420. The van der Waals surface area contributed by atoms with Crippen molar-refractivity contribution in [3.05, 3.63) is 18.0 Å². The third kappa shape index (κ3) is 3.66. The third-order valence-corrected chi connectivity index (χ3v) is 3.32. The summed E-state index contributed by atoms with van der Waals surface area (Å²) in [7, 11) is 1.59. The highest BCUT2D eigenvalue weighted by Crippen LogP contribution is 2.15. The Morgan fingerprint density at radius 1 is 1.45 bits per heavy atom. The molecule has 1 unspecified atom stereocenters. The number of methoxy groups -OCH3 is 1. The first-order chi connectivity index (χ1) is 9.74. The van der Waals surface area contributed by atoms with Gasteiger partial charge in [-0.2, -0.15) is 0 Å². The molecule has 1 aliphatic heterocycles. The number of hydrogen-bond donors (Lipinski definition) is 0. The molecule has 0 spiro atoms. The average molecular weight is 279 g/mol. The van der Waals surface area contributed by atoms with Crippen LogP contribution in [0.1, 0.15) is 36.7 Å². The Kier molecular flexibility index (Phi) is 5.29. The number of hydrogen-bond acceptors (Lipinski definition) is 6. The van der Waals surface area contributed by atoms with Crippen LogP contribution in [0, 0.1) is 0 Å². The van der Waals surface area contributed by atoms with Gasteiger partial charge in [0.15, 0.2) is 5.69 Å². The van der Waals surface area contributed by atoms with Gasteiger partial charge in [-0.15, -0.1) is 0 Å². The summed E-state index contributed by atoms with van der Waals surface area (Å²) in [4.78, 5) is 22.7. The van der Waals surface area contributed by atoms with Crippen LogP contribution in [-0.4, -0.2) is 48.8 Å². The summed E-state index contributed by atoms with van der Waals surface area (Å²) in [6.45, 7) is 4.23. The van der Waals surface area contributed by atoms with Gasteiger partial charge in [0.05, 0.1) is 6.61 Å². The molecule has 2 rings (SSSR count). The molecule has 0 bridgehead atoms. The second-order valence-corrected chi connectivity index (χ2v) is 4.83. The molecule has 0 aliphatic carbocycles. The number of carbonyl (C=O) groups excluding carboxylic acids is 1. The summed E-state index contributed by atoms with van der Waals surface area (Å²) in [5.41, 5.74) is 0.302. The second kappa shape index (κ2) is 7.19. The molecule has 0 radical (unpaired) electrons. The van der Waals surface area contributed by atoms with Crippen LogP contribution in [0.25, 0.3) is 0 Å². The maximum atomic E-state index is 12.1. The molecule has 1 aromatic rings. The number of carbonyl (C=O) groups is 1. The minimum absolute atomic E-state index is 0.238. The quantitative estimate of drug-likeness (QED) is 0.738. The molecule has 0 saturated carbocycles. The number of anilines is 1. The SMILES string of the molecule is CCC(COC)OC(=O)c1ccnc(N2CCCC2)n1. The van der Waals surface area contributed by atoms with Gasteiger partial charge < -0.3 is 14.4 Å². The number of ether oxygens (including phenoxy) is 2. The molecule has 0 N–H and O–H groups in total. The van der Waals surface area contributed by atoms with E-state index in [9.17, 15) is 4.79 Å². The van der Waals surface area contributed by atoms with Gasteiger partial charge in [-0.1, -0.05) is 6.92 Å². The lowest BCUT2D eigenvalue weighted by Crippen LogP contribution is -2.24. The van der Waals surface area contributed by atoms with Gasteiger partial charge in [0.2, 0.25) is 5.95 Å². The van der Waals surface area contributed by atoms with Crippen LogP contribution in [-0.2, 0) is 9.47 Å². The summed E-state index contributed by atoms with van der Waals surface area (Å²) in [6.07, 6.45) is 4.36. The minimum Gasteiger partial charge on any atom is -0.455 e. The fraction of sp³-hybridized carbons (Fsp3) is 0.643. The molecule has 1 atom stereocenters. The normalized spacial score (nSPS) is 16.2. The van der Waals surface area contributed by atoms with Crippen molar-refractivity contribution < 1.29 is 14.3 Å². The zero-order valence-electron chi connectivity index (χ0n) is 12.0. The lowest BCUT2D eigenvalue weighted by atomic mass is 10.3. The first-order valence-corrected chi connectivity index (χ1v) is 7.02. The number of esters is 1. The van der Waals surface area contributed by atoms with Gasteiger partial charge in [-0.3, -0.25) is 0 Å². The molecule has 110 valence electrons. The molecule has 1 fully saturated rings. The summed E-state index contributed by atoms with van der Waals surface area (Å²) in [5.74, 6) is 0.188. The zero-order chi connectivity index (χ0) is 14.4. The smallest absolute Gasteiger partial charge is 0.357 e. The molecule has 20 heavy (non-hydrogen) atoms. The van der Waals surface area contributed by atoms with Crippen molar-refractivity contribution in [2.24, 2.45) is 0 Å². The zero-order valence-corrected chi connectivity index (χ0v) is 12.0. The third-order valence-electron chi connectivity index (χ3n) is 3.32. The molecule has 1 saturated heterocycles. The van der Waals surface area contributed by atoms with Crippen molar-refractivity contribution in [1.82, 2.24) is 9.97 Å². The van der Waals surface area contributed by atoms with E-state index in [4.69, 9.17) is 9.47 Å². The molecular formula is C14H21N3O3. The average Bonchev–Trinajstić information content (AvgIpc) is 3.01. The van der Waals surface area contributed by atoms with Gasteiger partial charge in [0.1, 0.15) is 6.10 Å². The van der Waals surface area contributed by atoms with Crippen molar-refractivity contribution in [2.45, 2.75) is 32.3 Å². The number of aromatic nitrogens is 2. The maximum absolute atomic E-state index is 12.1. The standard InChI is InChI=1S/C14H21N3O3/c1-3-11(10-19-2)20-13(18)12-6-7-15-14(16-12)17-8-4-5-9-17/h6-7,11H,3-5,8-10H2,1-2H3. The molecule has 0 aromatic carbocycles. The molecule has 6 nitrogen and oxygen atoms in total. The Morgan fingerprint density at radius 2 is 2.20 bits per heavy atom. The summed E-state index contributed by atoms with van der Waals surface area (Å²) >= 11 is 0. The summed E-state index contributed by atoms with van der Waals surface area (Å²) in [5, 5.41) is 0. The monoisotopic (exact) mass is 279 g/mol. The van der Waals surface area contributed by atoms with Crippen molar-refractivity contribution >= 4 is 11.9 Å². The Morgan fingerprint density at radius 3 is 2.85 bits per heavy atom. The van der Waals surface area contributed by atoms with E-state index >= 15 is 0 Å². The Labute approximate surface area is 119 Å². The highest BCUT2D eigenvalue weighted by Gasteiger charge is 2.19. The van der Waals surface area contributed by atoms with Crippen LogP contribution in [0.3, 0.4) is 0 Å². The number of rotatable bonds is 6. The second-order valence-electron chi connectivity index (χ2n) is 4.83. The van der Waals surface area contributed by atoms with E-state index in [0.29, 0.717) is 24.7 Å². The van der Waals surface area contributed by atoms with Crippen molar-refractivity contribution in [1.29, 1.82) is 0 Å². The molecular weight excluding hydrogens is 258 g/mol. The predicted octanol–water partition coefficient (Wildman–Crippen LogP) is 1.66. The van der Waals surface area contributed by atoms with Crippen LogP contribution in [0.5, 0.6) is 0 Å². The summed E-state index contributed by atoms with van der Waals surface area (Å²) < 4.78 is 10.4. The molecule has 1 aliphatic rings. The largest absolute Gasteiger partial charge is 0.455 e. The van der Waals surface area contributed by atoms with E-state index in [1.54, 1.807) is 19.4 Å². The molecule has 2 heterocycles. The lowest BCUT2D eigenvalue weighted by molar-refractivity contribution is 0.00418. The van der Waals surface area contributed by atoms with Gasteiger partial charge in [0, 0.05) is 26.4 Å². The highest BCUT2D eigenvalue weighted by atomic mass is 16.6. The van der Waals surface area contributed by atoms with Gasteiger partial charge in [-0.05, 0) is 25.3 Å². The van der Waals surface area contributed by atoms with Gasteiger partial charge >= 0.3 is 5.97 Å². The van der Waals surface area contributed by atoms with E-state index in [1.165, 1.54) is 0 Å². The van der Waals surface area contributed by atoms with Crippen molar-refractivity contribution in [2.75, 3.05) is 31.7 Å². The van der Waals surface area contributed by atoms with Crippen molar-refractivity contribution in [3.8, 4) is 0 Å². The lowest BCUT2D eigenvalue weighted by Gasteiger charge is -2.17. The maximum Gasteiger partial charge on any atom is 0.357 e. The molecule has 6 heteroatoms. The van der Waals surface area contributed by atoms with Crippen LogP contribution >= 0.6 is 0 Å². The first kappa shape index (κ1) is 14.7. The first-order valence-electron chi connectivity index (χ1n) is 7.02. The van der Waals surface area contributed by atoms with Gasteiger partial charge in [-0.25, -0.2) is 14.8 Å². The van der Waals surface area contributed by atoms with E-state index in [0.717, 1.165) is 25.9 Å². The fourth-order valence-corrected chi connectivity index (χ4v) is 2.16. The van der Waals surface area contributed by atoms with Crippen molar-refractivity contribution in [3.63, 3.8) is 0 Å². The van der Waals surface area contributed by atoms with Crippen LogP contribution in [0.2, 0.25) is 0 Å². The predicted molar refractivity (Wildman–Crippen MR) is 74.8 cm³/mol. The van der Waals surface area contributed by atoms with Crippen LogP contribution < -0.4 is 4.90 Å². The van der Waals surface area contributed by atoms with E-state index < -0.39 is 5.97 Å². The van der Waals surface area contributed by atoms with Crippen LogP contribution in [0.15, 0.2) is 12.3 Å². The highest BCUT2D eigenvalue weighted by molar-refractivity contribution is 5.87. The topological polar surface area (TPSA) is 64.6 Å². The van der Waals surface area contributed by atoms with Gasteiger partial charge in [0.25, 0.3) is 0 Å². The molecule has 1 aromatic heterocycles. The Bertz CT molecular complexity index is 447. The molecule has 0 amide bonds. The Balaban J connectivity index is 2.03. The van der Waals surface area contributed by atoms with E-state index in [2.05, 4.69) is 14.9 Å². The summed E-state index contributed by atoms with van der Waals surface area (Å²) in [6, 6.07) is 1.58. The van der Waals surface area contributed by atoms with E-state index in [-0.39, 0.29) is 6.10 Å².